The molecule has 0 radical (unpaired) electrons. The highest BCUT2D eigenvalue weighted by Gasteiger charge is 2.40. The van der Waals surface area contributed by atoms with Crippen molar-refractivity contribution in [1.29, 1.82) is 0 Å². The van der Waals surface area contributed by atoms with Gasteiger partial charge in [0, 0.05) is 37.5 Å². The Hall–Kier alpha value is -3.59. The molecule has 0 spiro atoms. The number of aromatic nitrogens is 2. The van der Waals surface area contributed by atoms with Crippen molar-refractivity contribution in [3.8, 4) is 5.75 Å². The van der Waals surface area contributed by atoms with E-state index in [1.54, 1.807) is 43.3 Å². The van der Waals surface area contributed by atoms with E-state index in [0.29, 0.717) is 16.6 Å². The highest BCUT2D eigenvalue weighted by Crippen LogP contribution is 2.37. The van der Waals surface area contributed by atoms with Crippen LogP contribution in [0, 0.1) is 5.82 Å². The van der Waals surface area contributed by atoms with Gasteiger partial charge in [0.1, 0.15) is 11.3 Å². The van der Waals surface area contributed by atoms with E-state index >= 15 is 0 Å². The summed E-state index contributed by atoms with van der Waals surface area (Å²) in [5, 5.41) is 17.1. The third-order valence-electron chi connectivity index (χ3n) is 5.58. The normalized spacial score (nSPS) is 18.5. The molecule has 31 heavy (non-hydrogen) atoms. The summed E-state index contributed by atoms with van der Waals surface area (Å²) in [6.07, 6.45) is 1.44. The van der Waals surface area contributed by atoms with Gasteiger partial charge in [-0.15, -0.1) is 0 Å². The summed E-state index contributed by atoms with van der Waals surface area (Å²) in [6.45, 7) is 0.139. The Kier molecular flexibility index (Phi) is 5.51. The number of halogens is 1. The van der Waals surface area contributed by atoms with Gasteiger partial charge in [-0.3, -0.25) is 19.9 Å². The quantitative estimate of drug-likeness (QED) is 0.579. The van der Waals surface area contributed by atoms with Gasteiger partial charge in [0.2, 0.25) is 5.91 Å². The highest BCUT2D eigenvalue weighted by molar-refractivity contribution is 6.01. The first-order valence-electron chi connectivity index (χ1n) is 9.84. The molecule has 3 aromatic rings. The molecule has 1 aromatic carbocycles. The molecule has 1 saturated heterocycles. The lowest BCUT2D eigenvalue weighted by molar-refractivity contribution is -0.127. The van der Waals surface area contributed by atoms with Crippen molar-refractivity contribution in [1.82, 2.24) is 25.5 Å². The number of rotatable bonds is 5. The van der Waals surface area contributed by atoms with E-state index in [1.165, 1.54) is 18.3 Å². The molecule has 2 amide bonds. The van der Waals surface area contributed by atoms with Gasteiger partial charge in [0.25, 0.3) is 5.91 Å². The molecule has 160 valence electrons. The Morgan fingerprint density at radius 3 is 2.74 bits per heavy atom. The van der Waals surface area contributed by atoms with Crippen LogP contribution in [0.5, 0.6) is 5.75 Å². The average Bonchev–Trinajstić information content (AvgIpc) is 3.07. The summed E-state index contributed by atoms with van der Waals surface area (Å²) in [7, 11) is 3.46. The maximum Gasteiger partial charge on any atom is 0.274 e. The van der Waals surface area contributed by atoms with Crippen LogP contribution in [-0.2, 0) is 11.3 Å². The second-order valence-corrected chi connectivity index (χ2v) is 7.45. The van der Waals surface area contributed by atoms with Crippen molar-refractivity contribution in [3.63, 3.8) is 0 Å². The van der Waals surface area contributed by atoms with Gasteiger partial charge in [-0.05, 0) is 36.9 Å². The molecular formula is C22H22FN5O3. The van der Waals surface area contributed by atoms with Gasteiger partial charge in [0.05, 0.1) is 11.9 Å². The molecule has 2 unspecified atom stereocenters. The Morgan fingerprint density at radius 1 is 1.29 bits per heavy atom. The van der Waals surface area contributed by atoms with E-state index in [9.17, 15) is 19.1 Å². The Labute approximate surface area is 178 Å². The van der Waals surface area contributed by atoms with Crippen LogP contribution >= 0.6 is 0 Å². The first-order chi connectivity index (χ1) is 14.9. The molecule has 8 nitrogen and oxygen atoms in total. The largest absolute Gasteiger partial charge is 0.504 e. The van der Waals surface area contributed by atoms with Gasteiger partial charge in [-0.1, -0.05) is 12.1 Å². The van der Waals surface area contributed by atoms with Crippen LogP contribution in [0.3, 0.4) is 0 Å². The molecule has 0 bridgehead atoms. The number of benzene rings is 1. The number of carbonyl (C=O) groups is 2. The van der Waals surface area contributed by atoms with E-state index < -0.39 is 5.91 Å². The molecule has 2 atom stereocenters. The summed E-state index contributed by atoms with van der Waals surface area (Å²) < 4.78 is 13.1. The Bertz CT molecular complexity index is 1150. The Morgan fingerprint density at radius 2 is 2.03 bits per heavy atom. The predicted octanol–water partition coefficient (Wildman–Crippen LogP) is 1.90. The highest BCUT2D eigenvalue weighted by atomic mass is 19.1. The number of carbonyl (C=O) groups excluding carboxylic acids is 2. The zero-order chi connectivity index (χ0) is 22.1. The molecular weight excluding hydrogens is 401 g/mol. The van der Waals surface area contributed by atoms with Gasteiger partial charge >= 0.3 is 0 Å². The third-order valence-corrected chi connectivity index (χ3v) is 5.58. The summed E-state index contributed by atoms with van der Waals surface area (Å²) >= 11 is 0. The van der Waals surface area contributed by atoms with E-state index in [-0.39, 0.29) is 53.7 Å². The number of hydrogen-bond donors (Lipinski definition) is 3. The second kappa shape index (κ2) is 8.27. The molecule has 1 aliphatic rings. The zero-order valence-corrected chi connectivity index (χ0v) is 17.1. The smallest absolute Gasteiger partial charge is 0.274 e. The van der Waals surface area contributed by atoms with Crippen molar-refractivity contribution in [3.05, 3.63) is 65.4 Å². The van der Waals surface area contributed by atoms with Crippen LogP contribution in [0.1, 0.15) is 34.1 Å². The minimum atomic E-state index is -0.589. The molecule has 3 N–H and O–H groups in total. The maximum atomic E-state index is 13.1. The van der Waals surface area contributed by atoms with E-state index in [4.69, 9.17) is 0 Å². The van der Waals surface area contributed by atoms with Gasteiger partial charge in [-0.2, -0.15) is 0 Å². The van der Waals surface area contributed by atoms with Crippen molar-refractivity contribution in [2.45, 2.75) is 25.0 Å². The number of likely N-dealkylation sites (tertiary alicyclic amines) is 1. The molecule has 1 fully saturated rings. The molecule has 0 saturated carbocycles. The number of hydrogen-bond acceptors (Lipinski definition) is 6. The van der Waals surface area contributed by atoms with Crippen LogP contribution in [-0.4, -0.2) is 52.0 Å². The summed E-state index contributed by atoms with van der Waals surface area (Å²) in [4.78, 5) is 35.5. The first kappa shape index (κ1) is 20.7. The minimum Gasteiger partial charge on any atom is -0.504 e. The fourth-order valence-corrected chi connectivity index (χ4v) is 3.97. The lowest BCUT2D eigenvalue weighted by atomic mass is 9.96. The van der Waals surface area contributed by atoms with Crippen LogP contribution in [0.4, 0.5) is 4.39 Å². The van der Waals surface area contributed by atoms with E-state index in [0.717, 1.165) is 0 Å². The van der Waals surface area contributed by atoms with Crippen LogP contribution in [0.25, 0.3) is 10.9 Å². The topological polar surface area (TPSA) is 107 Å². The Balaban J connectivity index is 1.72. The molecule has 1 aliphatic heterocycles. The molecule has 2 aromatic heterocycles. The standard InChI is InChI=1S/C22H22FN5O3/c1-24-21-15(10-16(29)28(21)2)17-14-4-3-9-25-18(14)20(30)19(27-17)22(31)26-11-12-5-7-13(23)8-6-12/h3-9,15,21,24,30H,10-11H2,1-2H3,(H,26,31). The van der Waals surface area contributed by atoms with Crippen LogP contribution in [0.2, 0.25) is 0 Å². The number of fused-ring (bicyclic) bond motifs is 1. The first-order valence-corrected chi connectivity index (χ1v) is 9.84. The lowest BCUT2D eigenvalue weighted by Crippen LogP contribution is -2.41. The summed E-state index contributed by atoms with van der Waals surface area (Å²) in [5.41, 5.74) is 1.30. The van der Waals surface area contributed by atoms with Gasteiger partial charge < -0.3 is 15.3 Å². The fourth-order valence-electron chi connectivity index (χ4n) is 3.97. The van der Waals surface area contributed by atoms with Crippen molar-refractivity contribution >= 4 is 22.7 Å². The zero-order valence-electron chi connectivity index (χ0n) is 17.1. The second-order valence-electron chi connectivity index (χ2n) is 7.45. The van der Waals surface area contributed by atoms with E-state index in [2.05, 4.69) is 20.6 Å². The SMILES string of the molecule is CNC1C(c2nc(C(=O)NCc3ccc(F)cc3)c(O)c3ncccc23)CC(=O)N1C. The van der Waals surface area contributed by atoms with Crippen molar-refractivity contribution < 1.29 is 19.1 Å². The molecule has 3 heterocycles. The van der Waals surface area contributed by atoms with Gasteiger partial charge in [-0.25, -0.2) is 9.37 Å². The molecule has 0 aliphatic carbocycles. The molecule has 9 heteroatoms. The summed E-state index contributed by atoms with van der Waals surface area (Å²) in [5.74, 6) is -1.64. The van der Waals surface area contributed by atoms with Crippen LogP contribution in [0.15, 0.2) is 42.6 Å². The number of nitrogens with one attached hydrogen (secondary N) is 2. The fraction of sp³-hybridized carbons (Fsp3) is 0.273. The maximum absolute atomic E-state index is 13.1. The number of nitrogens with zero attached hydrogens (tertiary/aromatic N) is 3. The number of aromatic hydroxyl groups is 1. The lowest BCUT2D eigenvalue weighted by Gasteiger charge is -2.25. The molecule has 4 rings (SSSR count). The van der Waals surface area contributed by atoms with Crippen molar-refractivity contribution in [2.75, 3.05) is 14.1 Å². The monoisotopic (exact) mass is 423 g/mol. The summed E-state index contributed by atoms with van der Waals surface area (Å²) in [6, 6.07) is 9.22. The average molecular weight is 423 g/mol. The predicted molar refractivity (Wildman–Crippen MR) is 112 cm³/mol. The minimum absolute atomic E-state index is 0.0430. The third kappa shape index (κ3) is 3.79. The number of pyridine rings is 2. The van der Waals surface area contributed by atoms with Gasteiger partial charge in [0.15, 0.2) is 11.4 Å². The number of likely N-dealkylation sites (N-methyl/N-ethyl adjacent to an activating group) is 2. The van der Waals surface area contributed by atoms with E-state index in [1.807, 2.05) is 0 Å². The van der Waals surface area contributed by atoms with Crippen LogP contribution < -0.4 is 10.6 Å². The number of amides is 2. The van der Waals surface area contributed by atoms with Crippen molar-refractivity contribution in [2.24, 2.45) is 0 Å².